The number of rotatable bonds is 7. The molecule has 0 unspecified atom stereocenters. The minimum absolute atomic E-state index is 0.0435. The summed E-state index contributed by atoms with van der Waals surface area (Å²) in [6, 6.07) is 12.4. The molecule has 25 heavy (non-hydrogen) atoms. The summed E-state index contributed by atoms with van der Waals surface area (Å²) in [6.45, 7) is -1.09. The predicted octanol–water partition coefficient (Wildman–Crippen LogP) is 4.57. The minimum atomic E-state index is -2.93. The van der Waals surface area contributed by atoms with Crippen molar-refractivity contribution in [1.82, 2.24) is 5.32 Å². The van der Waals surface area contributed by atoms with Crippen LogP contribution in [0.3, 0.4) is 0 Å². The first-order valence-electron chi connectivity index (χ1n) is 7.79. The molecule has 2 aromatic rings. The molecule has 0 saturated heterocycles. The van der Waals surface area contributed by atoms with Crippen molar-refractivity contribution in [3.8, 4) is 11.5 Å². The predicted molar refractivity (Wildman–Crippen MR) is 91.3 cm³/mol. The Balaban J connectivity index is 2.13. The number of halogens is 2. The van der Waals surface area contributed by atoms with Crippen molar-refractivity contribution < 1.29 is 23.0 Å². The molecule has 2 aromatic carbocycles. The van der Waals surface area contributed by atoms with Crippen LogP contribution in [0.1, 0.15) is 24.9 Å². The van der Waals surface area contributed by atoms with Crippen molar-refractivity contribution in [2.75, 3.05) is 12.4 Å². The number of nitrogens with one attached hydrogen (secondary N) is 2. The molecule has 1 atom stereocenters. The fourth-order valence-corrected chi connectivity index (χ4v) is 2.44. The van der Waals surface area contributed by atoms with E-state index in [-0.39, 0.29) is 5.75 Å². The molecule has 2 amide bonds. The number of hydrogen-bond donors (Lipinski definition) is 2. The highest BCUT2D eigenvalue weighted by atomic mass is 19.3. The summed E-state index contributed by atoms with van der Waals surface area (Å²) in [4.78, 5) is 12.3. The van der Waals surface area contributed by atoms with E-state index >= 15 is 0 Å². The topological polar surface area (TPSA) is 59.6 Å². The van der Waals surface area contributed by atoms with Gasteiger partial charge in [-0.3, -0.25) is 0 Å². The van der Waals surface area contributed by atoms with Gasteiger partial charge in [0.1, 0.15) is 11.5 Å². The molecular formula is C18H20F2N2O3. The summed E-state index contributed by atoms with van der Waals surface area (Å²) in [7, 11) is 1.51. The highest BCUT2D eigenvalue weighted by molar-refractivity contribution is 5.91. The number of alkyl halides is 2. The number of ether oxygens (including phenoxy) is 2. The Morgan fingerprint density at radius 3 is 2.36 bits per heavy atom. The second kappa shape index (κ2) is 8.86. The second-order valence-electron chi connectivity index (χ2n) is 5.18. The van der Waals surface area contributed by atoms with Crippen LogP contribution < -0.4 is 20.1 Å². The summed E-state index contributed by atoms with van der Waals surface area (Å²) < 4.78 is 34.8. The molecule has 2 N–H and O–H groups in total. The van der Waals surface area contributed by atoms with Crippen LogP contribution in [0.25, 0.3) is 0 Å². The highest BCUT2D eigenvalue weighted by Gasteiger charge is 2.19. The van der Waals surface area contributed by atoms with Crippen molar-refractivity contribution in [3.63, 3.8) is 0 Å². The first-order chi connectivity index (χ1) is 12.0. The van der Waals surface area contributed by atoms with Gasteiger partial charge < -0.3 is 20.1 Å². The van der Waals surface area contributed by atoms with Crippen molar-refractivity contribution in [3.05, 3.63) is 54.1 Å². The maximum absolute atomic E-state index is 12.6. The molecule has 5 nitrogen and oxygen atoms in total. The van der Waals surface area contributed by atoms with Crippen molar-refractivity contribution in [2.24, 2.45) is 0 Å². The number of para-hydroxylation sites is 3. The molecule has 0 aliphatic heterocycles. The Labute approximate surface area is 144 Å². The standard InChI is InChI=1S/C18H20F2N2O3/c1-3-13(12-8-4-6-10-15(12)25-17(19)20)21-18(23)22-14-9-5-7-11-16(14)24-2/h4-11,13,17H,3H2,1-2H3,(H2,21,22,23)/t13-/m0/s1. The van der Waals surface area contributed by atoms with Crippen LogP contribution in [0.5, 0.6) is 11.5 Å². The van der Waals surface area contributed by atoms with E-state index in [0.29, 0.717) is 23.4 Å². The Kier molecular flexibility index (Phi) is 6.56. The van der Waals surface area contributed by atoms with Gasteiger partial charge in [-0.05, 0) is 24.6 Å². The molecule has 134 valence electrons. The van der Waals surface area contributed by atoms with Gasteiger partial charge in [0.15, 0.2) is 0 Å². The maximum Gasteiger partial charge on any atom is 0.387 e. The first kappa shape index (κ1) is 18.5. The van der Waals surface area contributed by atoms with Gasteiger partial charge >= 0.3 is 12.6 Å². The molecule has 0 heterocycles. The van der Waals surface area contributed by atoms with Gasteiger partial charge in [0, 0.05) is 5.56 Å². The van der Waals surface area contributed by atoms with Crippen LogP contribution in [-0.2, 0) is 0 Å². The quantitative estimate of drug-likeness (QED) is 0.769. The van der Waals surface area contributed by atoms with Gasteiger partial charge in [-0.15, -0.1) is 0 Å². The lowest BCUT2D eigenvalue weighted by molar-refractivity contribution is -0.0506. The molecule has 0 spiro atoms. The minimum Gasteiger partial charge on any atom is -0.495 e. The van der Waals surface area contributed by atoms with Crippen LogP contribution in [0.2, 0.25) is 0 Å². The highest BCUT2D eigenvalue weighted by Crippen LogP contribution is 2.29. The summed E-state index contributed by atoms with van der Waals surface area (Å²) >= 11 is 0. The number of hydrogen-bond acceptors (Lipinski definition) is 3. The van der Waals surface area contributed by atoms with Crippen LogP contribution in [0.15, 0.2) is 48.5 Å². The molecule has 2 rings (SSSR count). The number of amides is 2. The van der Waals surface area contributed by atoms with Crippen molar-refractivity contribution in [1.29, 1.82) is 0 Å². The number of carbonyl (C=O) groups excluding carboxylic acids is 1. The summed E-state index contributed by atoms with van der Waals surface area (Å²) in [5, 5.41) is 5.46. The van der Waals surface area contributed by atoms with Gasteiger partial charge in [-0.25, -0.2) is 4.79 Å². The van der Waals surface area contributed by atoms with Crippen molar-refractivity contribution in [2.45, 2.75) is 26.0 Å². The molecule has 0 radical (unpaired) electrons. The monoisotopic (exact) mass is 350 g/mol. The Hall–Kier alpha value is -2.83. The molecule has 0 aromatic heterocycles. The fourth-order valence-electron chi connectivity index (χ4n) is 2.44. The van der Waals surface area contributed by atoms with Crippen LogP contribution >= 0.6 is 0 Å². The Morgan fingerprint density at radius 2 is 1.72 bits per heavy atom. The van der Waals surface area contributed by atoms with Crippen LogP contribution in [0.4, 0.5) is 19.3 Å². The first-order valence-corrected chi connectivity index (χ1v) is 7.79. The molecule has 7 heteroatoms. The largest absolute Gasteiger partial charge is 0.495 e. The van der Waals surface area contributed by atoms with E-state index in [4.69, 9.17) is 4.74 Å². The van der Waals surface area contributed by atoms with E-state index in [2.05, 4.69) is 15.4 Å². The van der Waals surface area contributed by atoms with E-state index in [1.807, 2.05) is 6.92 Å². The van der Waals surface area contributed by atoms with E-state index < -0.39 is 18.7 Å². The lowest BCUT2D eigenvalue weighted by Crippen LogP contribution is -2.32. The van der Waals surface area contributed by atoms with Crippen LogP contribution in [0, 0.1) is 0 Å². The number of carbonyl (C=O) groups is 1. The zero-order valence-electron chi connectivity index (χ0n) is 14.0. The van der Waals surface area contributed by atoms with Gasteiger partial charge in [0.2, 0.25) is 0 Å². The normalized spacial score (nSPS) is 11.7. The molecule has 0 saturated carbocycles. The van der Waals surface area contributed by atoms with Gasteiger partial charge in [0.25, 0.3) is 0 Å². The third-order valence-electron chi connectivity index (χ3n) is 3.58. The summed E-state index contributed by atoms with van der Waals surface area (Å²) in [5.41, 5.74) is 0.995. The summed E-state index contributed by atoms with van der Waals surface area (Å²) in [5.74, 6) is 0.564. The number of urea groups is 1. The van der Waals surface area contributed by atoms with E-state index in [9.17, 15) is 13.6 Å². The number of anilines is 1. The zero-order chi connectivity index (χ0) is 18.2. The third-order valence-corrected chi connectivity index (χ3v) is 3.58. The average Bonchev–Trinajstić information content (AvgIpc) is 2.60. The van der Waals surface area contributed by atoms with E-state index in [1.165, 1.54) is 13.2 Å². The fraction of sp³-hybridized carbons (Fsp3) is 0.278. The van der Waals surface area contributed by atoms with E-state index in [1.54, 1.807) is 42.5 Å². The maximum atomic E-state index is 12.6. The second-order valence-corrected chi connectivity index (χ2v) is 5.18. The third kappa shape index (κ3) is 5.07. The Morgan fingerprint density at radius 1 is 1.08 bits per heavy atom. The van der Waals surface area contributed by atoms with Gasteiger partial charge in [-0.1, -0.05) is 37.3 Å². The van der Waals surface area contributed by atoms with Crippen molar-refractivity contribution >= 4 is 11.7 Å². The molecular weight excluding hydrogens is 330 g/mol. The molecule has 0 aliphatic rings. The smallest absolute Gasteiger partial charge is 0.387 e. The van der Waals surface area contributed by atoms with Gasteiger partial charge in [0.05, 0.1) is 18.8 Å². The molecule has 0 fully saturated rings. The molecule has 0 bridgehead atoms. The SMILES string of the molecule is CC[C@H](NC(=O)Nc1ccccc1OC)c1ccccc1OC(F)F. The number of methoxy groups -OCH3 is 1. The average molecular weight is 350 g/mol. The zero-order valence-corrected chi connectivity index (χ0v) is 14.0. The van der Waals surface area contributed by atoms with Crippen LogP contribution in [-0.4, -0.2) is 19.8 Å². The lowest BCUT2D eigenvalue weighted by atomic mass is 10.0. The lowest BCUT2D eigenvalue weighted by Gasteiger charge is -2.21. The Bertz CT molecular complexity index is 710. The van der Waals surface area contributed by atoms with Gasteiger partial charge in [-0.2, -0.15) is 8.78 Å². The van der Waals surface area contributed by atoms with E-state index in [0.717, 1.165) is 0 Å². The molecule has 0 aliphatic carbocycles. The summed E-state index contributed by atoms with van der Waals surface area (Å²) in [6.07, 6.45) is 0.503. The number of benzene rings is 2.